The third-order valence-corrected chi connectivity index (χ3v) is 3.23. The van der Waals surface area contributed by atoms with E-state index in [-0.39, 0.29) is 19.4 Å². The van der Waals surface area contributed by atoms with Crippen LogP contribution in [0.3, 0.4) is 0 Å². The third kappa shape index (κ3) is 11.4. The van der Waals surface area contributed by atoms with Crippen molar-refractivity contribution in [3.8, 4) is 0 Å². The van der Waals surface area contributed by atoms with Crippen molar-refractivity contribution in [2.45, 2.75) is 31.9 Å². The summed E-state index contributed by atoms with van der Waals surface area (Å²) in [7, 11) is -3.74. The smallest absolute Gasteiger partial charge is 0.389 e. The summed E-state index contributed by atoms with van der Waals surface area (Å²) in [5, 5.41) is 8.27. The van der Waals surface area contributed by atoms with Crippen LogP contribution in [0.1, 0.15) is 25.7 Å². The van der Waals surface area contributed by atoms with Crippen LogP contribution in [0, 0.1) is 0 Å². The minimum Gasteiger partial charge on any atom is -0.481 e. The molecule has 0 spiro atoms. The Morgan fingerprint density at radius 1 is 1.24 bits per heavy atom. The summed E-state index contributed by atoms with van der Waals surface area (Å²) in [6.07, 6.45) is -6.10. The molecule has 0 fully saturated rings. The topological polar surface area (TPSA) is 83.5 Å². The first kappa shape index (κ1) is 16.2. The van der Waals surface area contributed by atoms with Gasteiger partial charge in [-0.25, -0.2) is 13.1 Å². The number of nitrogens with one attached hydrogen (secondary N) is 1. The van der Waals surface area contributed by atoms with Gasteiger partial charge in [-0.3, -0.25) is 4.79 Å². The second-order valence-corrected chi connectivity index (χ2v) is 5.36. The summed E-state index contributed by atoms with van der Waals surface area (Å²) in [4.78, 5) is 10.1. The molecule has 2 N–H and O–H groups in total. The Kier molecular flexibility index (Phi) is 6.46. The highest BCUT2D eigenvalue weighted by atomic mass is 32.2. The van der Waals surface area contributed by atoms with Crippen molar-refractivity contribution in [1.29, 1.82) is 0 Å². The van der Waals surface area contributed by atoms with Crippen LogP contribution in [-0.2, 0) is 14.8 Å². The van der Waals surface area contributed by atoms with E-state index in [1.54, 1.807) is 0 Å². The predicted molar refractivity (Wildman–Crippen MR) is 53.9 cm³/mol. The number of sulfonamides is 1. The molecular formula is C8H14F3NO4S. The summed E-state index contributed by atoms with van der Waals surface area (Å²) in [6.45, 7) is -0.0827. The third-order valence-electron chi connectivity index (χ3n) is 1.76. The standard InChI is InChI=1S/C8H14F3NO4S/c9-8(10,11)4-2-6-17(15,16)12-5-1-3-7(13)14/h12H,1-6H2,(H,13,14). The number of carbonyl (C=O) groups is 1. The average Bonchev–Trinajstić information content (AvgIpc) is 2.09. The molecule has 0 unspecified atom stereocenters. The summed E-state index contributed by atoms with van der Waals surface area (Å²) >= 11 is 0. The van der Waals surface area contributed by atoms with Gasteiger partial charge in [0, 0.05) is 19.4 Å². The van der Waals surface area contributed by atoms with Gasteiger partial charge in [0.05, 0.1) is 5.75 Å². The van der Waals surface area contributed by atoms with E-state index in [4.69, 9.17) is 5.11 Å². The van der Waals surface area contributed by atoms with E-state index < -0.39 is 40.8 Å². The molecule has 102 valence electrons. The van der Waals surface area contributed by atoms with E-state index in [9.17, 15) is 26.4 Å². The molecule has 17 heavy (non-hydrogen) atoms. The van der Waals surface area contributed by atoms with Crippen LogP contribution in [0.5, 0.6) is 0 Å². The van der Waals surface area contributed by atoms with Crippen molar-refractivity contribution < 1.29 is 31.5 Å². The van der Waals surface area contributed by atoms with Crippen LogP contribution in [0.2, 0.25) is 0 Å². The summed E-state index contributed by atoms with van der Waals surface area (Å²) < 4.78 is 59.5. The second-order valence-electron chi connectivity index (χ2n) is 3.43. The molecule has 0 atom stereocenters. The Morgan fingerprint density at radius 2 is 1.82 bits per heavy atom. The first-order valence-corrected chi connectivity index (χ1v) is 6.53. The Labute approximate surface area is 97.1 Å². The van der Waals surface area contributed by atoms with Crippen LogP contribution in [0.25, 0.3) is 0 Å². The monoisotopic (exact) mass is 277 g/mol. The van der Waals surface area contributed by atoms with Crippen molar-refractivity contribution in [2.24, 2.45) is 0 Å². The molecule has 0 aliphatic rings. The molecule has 0 aromatic carbocycles. The quantitative estimate of drug-likeness (QED) is 0.651. The molecule has 0 aliphatic heterocycles. The molecule has 0 saturated carbocycles. The average molecular weight is 277 g/mol. The van der Waals surface area contributed by atoms with E-state index in [1.807, 2.05) is 4.72 Å². The maximum atomic E-state index is 11.7. The van der Waals surface area contributed by atoms with Crippen molar-refractivity contribution in [3.63, 3.8) is 0 Å². The SMILES string of the molecule is O=C(O)CCCNS(=O)(=O)CCCC(F)(F)F. The zero-order chi connectivity index (χ0) is 13.5. The number of aliphatic carboxylic acids is 1. The van der Waals surface area contributed by atoms with Crippen molar-refractivity contribution in [2.75, 3.05) is 12.3 Å². The lowest BCUT2D eigenvalue weighted by molar-refractivity contribution is -0.137. The predicted octanol–water partition coefficient (Wildman–Crippen LogP) is 1.11. The van der Waals surface area contributed by atoms with Gasteiger partial charge < -0.3 is 5.11 Å². The Balaban J connectivity index is 3.78. The molecule has 0 aromatic rings. The van der Waals surface area contributed by atoms with E-state index in [0.29, 0.717) is 0 Å². The van der Waals surface area contributed by atoms with Crippen molar-refractivity contribution in [3.05, 3.63) is 0 Å². The number of rotatable bonds is 8. The molecule has 9 heteroatoms. The lowest BCUT2D eigenvalue weighted by atomic mass is 10.3. The van der Waals surface area contributed by atoms with Crippen LogP contribution >= 0.6 is 0 Å². The molecule has 0 heterocycles. The lowest BCUT2D eigenvalue weighted by Crippen LogP contribution is -2.28. The van der Waals surface area contributed by atoms with Gasteiger partial charge in [0.2, 0.25) is 10.0 Å². The molecule has 0 amide bonds. The first-order valence-electron chi connectivity index (χ1n) is 4.88. The van der Waals surface area contributed by atoms with Gasteiger partial charge in [-0.1, -0.05) is 0 Å². The first-order chi connectivity index (χ1) is 7.62. The highest BCUT2D eigenvalue weighted by Crippen LogP contribution is 2.21. The molecule has 0 saturated heterocycles. The van der Waals surface area contributed by atoms with Crippen molar-refractivity contribution in [1.82, 2.24) is 4.72 Å². The van der Waals surface area contributed by atoms with Crippen LogP contribution in [0.4, 0.5) is 13.2 Å². The number of carboxylic acid groups (broad SMARTS) is 1. The van der Waals surface area contributed by atoms with Gasteiger partial charge in [0.25, 0.3) is 0 Å². The normalized spacial score (nSPS) is 12.6. The lowest BCUT2D eigenvalue weighted by Gasteiger charge is -2.07. The molecule has 5 nitrogen and oxygen atoms in total. The minimum absolute atomic E-state index is 0.0827. The zero-order valence-corrected chi connectivity index (χ0v) is 9.77. The molecule has 0 rings (SSSR count). The van der Waals surface area contributed by atoms with E-state index >= 15 is 0 Å². The molecule has 0 aliphatic carbocycles. The fourth-order valence-electron chi connectivity index (χ4n) is 1.00. The Morgan fingerprint density at radius 3 is 2.29 bits per heavy atom. The maximum Gasteiger partial charge on any atom is 0.389 e. The number of hydrogen-bond donors (Lipinski definition) is 2. The van der Waals surface area contributed by atoms with E-state index in [0.717, 1.165) is 0 Å². The maximum absolute atomic E-state index is 11.7. The summed E-state index contributed by atoms with van der Waals surface area (Å²) in [5.41, 5.74) is 0. The fourth-order valence-corrected chi connectivity index (χ4v) is 2.13. The van der Waals surface area contributed by atoms with Crippen LogP contribution < -0.4 is 4.72 Å². The van der Waals surface area contributed by atoms with Gasteiger partial charge in [0.15, 0.2) is 0 Å². The van der Waals surface area contributed by atoms with Gasteiger partial charge >= 0.3 is 12.1 Å². The van der Waals surface area contributed by atoms with E-state index in [2.05, 4.69) is 0 Å². The summed E-state index contributed by atoms with van der Waals surface area (Å²) in [5.74, 6) is -1.67. The highest BCUT2D eigenvalue weighted by Gasteiger charge is 2.27. The molecule has 0 radical (unpaired) electrons. The van der Waals surface area contributed by atoms with E-state index in [1.165, 1.54) is 0 Å². The summed E-state index contributed by atoms with van der Waals surface area (Å²) in [6, 6.07) is 0. The van der Waals surface area contributed by atoms with Crippen LogP contribution in [0.15, 0.2) is 0 Å². The number of carboxylic acids is 1. The van der Waals surface area contributed by atoms with Gasteiger partial charge in [-0.2, -0.15) is 13.2 Å². The molecular weight excluding hydrogens is 263 g/mol. The van der Waals surface area contributed by atoms with Crippen LogP contribution in [-0.4, -0.2) is 38.0 Å². The zero-order valence-electron chi connectivity index (χ0n) is 8.96. The van der Waals surface area contributed by atoms with Gasteiger partial charge in [-0.15, -0.1) is 0 Å². The molecule has 0 aromatic heterocycles. The van der Waals surface area contributed by atoms with Gasteiger partial charge in [0.1, 0.15) is 0 Å². The number of alkyl halides is 3. The Hall–Kier alpha value is -0.830. The number of hydrogen-bond acceptors (Lipinski definition) is 3. The minimum atomic E-state index is -4.36. The van der Waals surface area contributed by atoms with Crippen molar-refractivity contribution >= 4 is 16.0 Å². The number of halogens is 3. The second kappa shape index (κ2) is 6.80. The largest absolute Gasteiger partial charge is 0.481 e. The Bertz CT molecular complexity index is 339. The molecule has 0 bridgehead atoms. The highest BCUT2D eigenvalue weighted by molar-refractivity contribution is 7.89. The fraction of sp³-hybridized carbons (Fsp3) is 0.875. The van der Waals surface area contributed by atoms with Gasteiger partial charge in [-0.05, 0) is 12.8 Å².